The lowest BCUT2D eigenvalue weighted by molar-refractivity contribution is 0.262. The Morgan fingerprint density at radius 2 is 1.73 bits per heavy atom. The van der Waals surface area contributed by atoms with E-state index < -0.39 is 29.2 Å². The van der Waals surface area contributed by atoms with E-state index in [1.807, 2.05) is 6.92 Å². The average molecular weight is 329 g/mol. The van der Waals surface area contributed by atoms with Crippen molar-refractivity contribution in [3.05, 3.63) is 57.9 Å². The molecule has 0 fully saturated rings. The molecule has 0 aliphatic heterocycles. The molecule has 0 spiro atoms. The third-order valence-electron chi connectivity index (χ3n) is 2.95. The summed E-state index contributed by atoms with van der Waals surface area (Å²) in [6.45, 7) is 3.59. The lowest BCUT2D eigenvalue weighted by atomic mass is 10.1. The molecule has 2 rings (SSSR count). The highest BCUT2D eigenvalue weighted by atomic mass is 35.5. The Balaban J connectivity index is 2.20. The molecule has 0 saturated heterocycles. The Hall–Kier alpha value is -2.21. The summed E-state index contributed by atoms with van der Waals surface area (Å²) in [5.41, 5.74) is 1.51. The van der Waals surface area contributed by atoms with Gasteiger partial charge in [-0.05, 0) is 43.2 Å². The Bertz CT molecular complexity index is 727. The van der Waals surface area contributed by atoms with Crippen LogP contribution < -0.4 is 10.6 Å². The van der Waals surface area contributed by atoms with E-state index in [1.165, 1.54) is 0 Å². The fourth-order valence-electron chi connectivity index (χ4n) is 1.96. The smallest absolute Gasteiger partial charge is 0.306 e. The number of carbonyl (C=O) groups excluding carboxylic acids is 1. The van der Waals surface area contributed by atoms with Crippen molar-refractivity contribution in [2.24, 2.45) is 0 Å². The van der Waals surface area contributed by atoms with Crippen LogP contribution in [0.1, 0.15) is 11.1 Å². The summed E-state index contributed by atoms with van der Waals surface area (Å²) in [5, 5.41) is 4.87. The van der Waals surface area contributed by atoms with Crippen molar-refractivity contribution in [3.8, 4) is 0 Å². The van der Waals surface area contributed by atoms with Crippen molar-refractivity contribution >= 4 is 29.0 Å². The van der Waals surface area contributed by atoms with E-state index in [1.54, 1.807) is 19.1 Å². The molecule has 0 radical (unpaired) electrons. The second-order valence-electron chi connectivity index (χ2n) is 4.74. The third kappa shape index (κ3) is 3.33. The number of hydrogen-bond acceptors (Lipinski definition) is 1. The molecule has 2 N–H and O–H groups in total. The van der Waals surface area contributed by atoms with Gasteiger partial charge in [0.25, 0.3) is 0 Å². The molecule has 2 amide bonds. The molecule has 0 atom stereocenters. The van der Waals surface area contributed by atoms with Crippen molar-refractivity contribution in [2.75, 3.05) is 10.6 Å². The van der Waals surface area contributed by atoms with Crippen LogP contribution in [0, 0.1) is 31.3 Å². The number of anilines is 2. The summed E-state index contributed by atoms with van der Waals surface area (Å²) in [7, 11) is 0. The highest BCUT2D eigenvalue weighted by Crippen LogP contribution is 2.27. The molecule has 2 aromatic rings. The summed E-state index contributed by atoms with van der Waals surface area (Å²) < 4.78 is 39.4. The fraction of sp³-hybridized carbons (Fsp3) is 0.133. The van der Waals surface area contributed by atoms with E-state index in [-0.39, 0.29) is 0 Å². The highest BCUT2D eigenvalue weighted by molar-refractivity contribution is 6.34. The maximum Gasteiger partial charge on any atom is 0.323 e. The van der Waals surface area contributed by atoms with E-state index in [9.17, 15) is 18.0 Å². The van der Waals surface area contributed by atoms with Gasteiger partial charge in [0.05, 0.1) is 16.4 Å². The van der Waals surface area contributed by atoms with Crippen LogP contribution >= 0.6 is 11.6 Å². The first-order valence-corrected chi connectivity index (χ1v) is 6.65. The number of benzene rings is 2. The summed E-state index contributed by atoms with van der Waals surface area (Å²) in [4.78, 5) is 11.9. The lowest BCUT2D eigenvalue weighted by Crippen LogP contribution is -2.21. The minimum atomic E-state index is -1.65. The Morgan fingerprint density at radius 1 is 1.05 bits per heavy atom. The highest BCUT2D eigenvalue weighted by Gasteiger charge is 2.16. The predicted molar refractivity (Wildman–Crippen MR) is 79.9 cm³/mol. The Kier molecular flexibility index (Phi) is 4.61. The molecular formula is C15H12ClF3N2O. The SMILES string of the molecule is Cc1cc(C)c(NC(=O)Nc2ccc(F)c(F)c2F)c(Cl)c1. The van der Waals surface area contributed by atoms with Gasteiger partial charge in [0.2, 0.25) is 0 Å². The number of amides is 2. The molecule has 22 heavy (non-hydrogen) atoms. The molecule has 0 saturated carbocycles. The first-order chi connectivity index (χ1) is 10.3. The van der Waals surface area contributed by atoms with Crippen LogP contribution in [0.3, 0.4) is 0 Å². The molecule has 2 aromatic carbocycles. The number of hydrogen-bond donors (Lipinski definition) is 2. The average Bonchev–Trinajstić information content (AvgIpc) is 2.43. The normalized spacial score (nSPS) is 10.5. The number of nitrogens with one attached hydrogen (secondary N) is 2. The molecule has 0 bridgehead atoms. The number of urea groups is 1. The first-order valence-electron chi connectivity index (χ1n) is 6.28. The van der Waals surface area contributed by atoms with Gasteiger partial charge >= 0.3 is 6.03 Å². The molecular weight excluding hydrogens is 317 g/mol. The van der Waals surface area contributed by atoms with Gasteiger partial charge in [0.15, 0.2) is 17.5 Å². The Labute approximate surface area is 130 Å². The van der Waals surface area contributed by atoms with Crippen molar-refractivity contribution in [1.29, 1.82) is 0 Å². The van der Waals surface area contributed by atoms with Crippen LogP contribution in [0.25, 0.3) is 0 Å². The lowest BCUT2D eigenvalue weighted by Gasteiger charge is -2.13. The molecule has 0 unspecified atom stereocenters. The third-order valence-corrected chi connectivity index (χ3v) is 3.25. The van der Waals surface area contributed by atoms with E-state index in [0.29, 0.717) is 16.3 Å². The van der Waals surface area contributed by atoms with Crippen molar-refractivity contribution < 1.29 is 18.0 Å². The summed E-state index contributed by atoms with van der Waals surface area (Å²) in [5.74, 6) is -4.45. The minimum Gasteiger partial charge on any atom is -0.306 e. The molecule has 0 heterocycles. The Morgan fingerprint density at radius 3 is 2.36 bits per heavy atom. The molecule has 7 heteroatoms. The van der Waals surface area contributed by atoms with E-state index in [4.69, 9.17) is 11.6 Å². The van der Waals surface area contributed by atoms with E-state index in [0.717, 1.165) is 17.7 Å². The second-order valence-corrected chi connectivity index (χ2v) is 5.15. The van der Waals surface area contributed by atoms with Gasteiger partial charge in [-0.2, -0.15) is 0 Å². The van der Waals surface area contributed by atoms with Crippen LogP contribution in [-0.4, -0.2) is 6.03 Å². The fourth-order valence-corrected chi connectivity index (χ4v) is 2.33. The van der Waals surface area contributed by atoms with Gasteiger partial charge in [0.1, 0.15) is 0 Å². The monoisotopic (exact) mass is 328 g/mol. The van der Waals surface area contributed by atoms with Gasteiger partial charge in [0, 0.05) is 0 Å². The van der Waals surface area contributed by atoms with Crippen LogP contribution in [0.2, 0.25) is 5.02 Å². The number of aryl methyl sites for hydroxylation is 2. The topological polar surface area (TPSA) is 41.1 Å². The van der Waals surface area contributed by atoms with Gasteiger partial charge < -0.3 is 10.6 Å². The predicted octanol–water partition coefficient (Wildman–Crippen LogP) is 5.02. The molecule has 116 valence electrons. The second kappa shape index (κ2) is 6.27. The largest absolute Gasteiger partial charge is 0.323 e. The van der Waals surface area contributed by atoms with Crippen LogP contribution in [0.5, 0.6) is 0 Å². The van der Waals surface area contributed by atoms with Gasteiger partial charge in [-0.25, -0.2) is 18.0 Å². The van der Waals surface area contributed by atoms with Gasteiger partial charge in [-0.15, -0.1) is 0 Å². The number of carbonyl (C=O) groups is 1. The minimum absolute atomic E-state index is 0.318. The standard InChI is InChI=1S/C15H12ClF3N2O/c1-7-5-8(2)14(9(16)6-7)21-15(22)20-11-4-3-10(17)12(18)13(11)19/h3-6H,1-2H3,(H2,20,21,22). The zero-order chi connectivity index (χ0) is 16.4. The molecule has 0 aliphatic carbocycles. The molecule has 3 nitrogen and oxygen atoms in total. The van der Waals surface area contributed by atoms with Gasteiger partial charge in [-0.3, -0.25) is 0 Å². The van der Waals surface area contributed by atoms with Crippen molar-refractivity contribution in [3.63, 3.8) is 0 Å². The maximum atomic E-state index is 13.5. The summed E-state index contributed by atoms with van der Waals surface area (Å²) in [6.07, 6.45) is 0. The van der Waals surface area contributed by atoms with Crippen LogP contribution in [0.15, 0.2) is 24.3 Å². The number of halogens is 4. The number of rotatable bonds is 2. The maximum absolute atomic E-state index is 13.5. The molecule has 0 aromatic heterocycles. The zero-order valence-electron chi connectivity index (χ0n) is 11.7. The van der Waals surface area contributed by atoms with E-state index in [2.05, 4.69) is 10.6 Å². The summed E-state index contributed by atoms with van der Waals surface area (Å²) >= 11 is 6.03. The van der Waals surface area contributed by atoms with Crippen LogP contribution in [-0.2, 0) is 0 Å². The van der Waals surface area contributed by atoms with Crippen molar-refractivity contribution in [2.45, 2.75) is 13.8 Å². The summed E-state index contributed by atoms with van der Waals surface area (Å²) in [6, 6.07) is 4.29. The van der Waals surface area contributed by atoms with E-state index >= 15 is 0 Å². The zero-order valence-corrected chi connectivity index (χ0v) is 12.5. The quantitative estimate of drug-likeness (QED) is 0.747. The first kappa shape index (κ1) is 16.2. The molecule has 0 aliphatic rings. The van der Waals surface area contributed by atoms with Gasteiger partial charge in [-0.1, -0.05) is 17.7 Å². The van der Waals surface area contributed by atoms with Crippen molar-refractivity contribution in [1.82, 2.24) is 0 Å². The van der Waals surface area contributed by atoms with Crippen LogP contribution in [0.4, 0.5) is 29.3 Å².